The summed E-state index contributed by atoms with van der Waals surface area (Å²) < 4.78 is 10.1. The lowest BCUT2D eigenvalue weighted by Crippen LogP contribution is -1.94. The Labute approximate surface area is 270 Å². The van der Waals surface area contributed by atoms with Crippen molar-refractivity contribution in [1.82, 2.24) is 14.1 Å². The van der Waals surface area contributed by atoms with Gasteiger partial charge in [-0.3, -0.25) is 4.98 Å². The highest BCUT2D eigenvalue weighted by Crippen LogP contribution is 2.47. The number of rotatable bonds is 2. The number of hydrogen-bond acceptors (Lipinski definition) is 3. The molecule has 0 N–H and O–H groups in total. The molecule has 0 spiro atoms. The fraction of sp³-hybridized carbons (Fsp3) is 0. The minimum atomic E-state index is 1.04. The van der Waals surface area contributed by atoms with E-state index in [0.717, 1.165) is 16.7 Å². The van der Waals surface area contributed by atoms with Gasteiger partial charge in [0.25, 0.3) is 0 Å². The van der Waals surface area contributed by atoms with Gasteiger partial charge >= 0.3 is 0 Å². The lowest BCUT2D eigenvalue weighted by molar-refractivity contribution is 1.18. The minimum Gasteiger partial charge on any atom is -0.309 e. The highest BCUT2D eigenvalue weighted by Gasteiger charge is 2.22. The largest absolute Gasteiger partial charge is 0.309 e. The first-order chi connectivity index (χ1) is 22.8. The van der Waals surface area contributed by atoms with E-state index in [0.29, 0.717) is 0 Å². The monoisotopic (exact) mass is 621 g/mol. The fourth-order valence-corrected chi connectivity index (χ4v) is 10.0. The molecule has 0 atom stereocenters. The van der Waals surface area contributed by atoms with Gasteiger partial charge in [0.05, 0.1) is 27.6 Å². The molecule has 11 aromatic rings. The van der Waals surface area contributed by atoms with E-state index in [2.05, 4.69) is 143 Å². The van der Waals surface area contributed by atoms with E-state index in [1.165, 1.54) is 78.7 Å². The third-order valence-electron chi connectivity index (χ3n) is 9.55. The van der Waals surface area contributed by atoms with Gasteiger partial charge in [-0.15, -0.1) is 22.7 Å². The number of fused-ring (bicyclic) bond motifs is 14. The van der Waals surface area contributed by atoms with Crippen LogP contribution < -0.4 is 0 Å². The van der Waals surface area contributed by atoms with Crippen LogP contribution in [0.4, 0.5) is 0 Å². The lowest BCUT2D eigenvalue weighted by Gasteiger charge is -2.10. The van der Waals surface area contributed by atoms with Gasteiger partial charge in [0.2, 0.25) is 0 Å². The summed E-state index contributed by atoms with van der Waals surface area (Å²) in [5.74, 6) is 0. The van der Waals surface area contributed by atoms with Crippen LogP contribution in [0.15, 0.2) is 140 Å². The van der Waals surface area contributed by atoms with Crippen molar-refractivity contribution in [1.29, 1.82) is 0 Å². The van der Waals surface area contributed by atoms with Crippen molar-refractivity contribution in [3.63, 3.8) is 0 Å². The molecule has 6 aromatic carbocycles. The number of benzene rings is 6. The van der Waals surface area contributed by atoms with Gasteiger partial charge in [-0.2, -0.15) is 0 Å². The van der Waals surface area contributed by atoms with Crippen molar-refractivity contribution in [2.75, 3.05) is 0 Å². The molecule has 11 rings (SSSR count). The predicted octanol–water partition coefficient (Wildman–Crippen LogP) is 12.0. The summed E-state index contributed by atoms with van der Waals surface area (Å²) in [7, 11) is 0. The number of thiophene rings is 2. The maximum atomic E-state index is 4.94. The molecule has 46 heavy (non-hydrogen) atoms. The molecule has 0 bridgehead atoms. The molecule has 0 saturated heterocycles. The molecule has 5 heterocycles. The summed E-state index contributed by atoms with van der Waals surface area (Å²) in [6, 6.07) is 48.7. The van der Waals surface area contributed by atoms with Crippen molar-refractivity contribution >= 4 is 107 Å². The number of hydrogen-bond donors (Lipinski definition) is 0. The third-order valence-corrected chi connectivity index (χ3v) is 11.9. The van der Waals surface area contributed by atoms with Crippen LogP contribution in [-0.2, 0) is 0 Å². The zero-order valence-corrected chi connectivity index (χ0v) is 26.1. The Hall–Kier alpha value is -5.49. The normalized spacial score (nSPS) is 12.3. The van der Waals surface area contributed by atoms with Gasteiger partial charge in [-0.25, -0.2) is 0 Å². The highest BCUT2D eigenvalue weighted by atomic mass is 32.1. The summed E-state index contributed by atoms with van der Waals surface area (Å²) in [4.78, 5) is 4.94. The minimum absolute atomic E-state index is 1.04. The smallest absolute Gasteiger partial charge is 0.0963 e. The molecule has 0 amide bonds. The van der Waals surface area contributed by atoms with Crippen molar-refractivity contribution < 1.29 is 0 Å². The van der Waals surface area contributed by atoms with Gasteiger partial charge in [-0.1, -0.05) is 60.7 Å². The zero-order chi connectivity index (χ0) is 29.9. The van der Waals surface area contributed by atoms with Crippen molar-refractivity contribution in [2.45, 2.75) is 0 Å². The Morgan fingerprint density at radius 2 is 1.20 bits per heavy atom. The van der Waals surface area contributed by atoms with Gasteiger partial charge in [0, 0.05) is 74.1 Å². The molecule has 0 aliphatic rings. The van der Waals surface area contributed by atoms with Crippen molar-refractivity contribution in [3.05, 3.63) is 140 Å². The Morgan fingerprint density at radius 1 is 0.435 bits per heavy atom. The molecule has 0 saturated carbocycles. The Kier molecular flexibility index (Phi) is 4.87. The molecule has 3 nitrogen and oxygen atoms in total. The number of nitrogens with zero attached hydrogens (tertiary/aromatic N) is 3. The van der Waals surface area contributed by atoms with Crippen LogP contribution in [-0.4, -0.2) is 14.1 Å². The Bertz CT molecular complexity index is 3030. The molecule has 5 heteroatoms. The summed E-state index contributed by atoms with van der Waals surface area (Å²) in [5.41, 5.74) is 8.20. The second kappa shape index (κ2) is 9.04. The number of pyridine rings is 1. The van der Waals surface area contributed by atoms with E-state index < -0.39 is 0 Å². The van der Waals surface area contributed by atoms with E-state index >= 15 is 0 Å². The molecule has 214 valence electrons. The zero-order valence-electron chi connectivity index (χ0n) is 24.4. The third kappa shape index (κ3) is 3.18. The molecule has 0 aliphatic heterocycles. The van der Waals surface area contributed by atoms with E-state index in [-0.39, 0.29) is 0 Å². The molecule has 0 fully saturated rings. The maximum Gasteiger partial charge on any atom is 0.0963 e. The molecule has 0 radical (unpaired) electrons. The Balaban J connectivity index is 1.30. The molecule has 5 aromatic heterocycles. The van der Waals surface area contributed by atoms with E-state index in [9.17, 15) is 0 Å². The predicted molar refractivity (Wildman–Crippen MR) is 199 cm³/mol. The average Bonchev–Trinajstić information content (AvgIpc) is 3.85. The standard InChI is InChI=1S/C41H23N3S2/c1-2-9-24(10-3-1)43-31-13-6-4-12-27(31)37-32(43)19-17-28-38-36(46-41(28)37)21-18-29-39-33(14-8-22-42-39)44(40(29)38)25-16-20-35-30(23-25)26-11-5-7-15-34(26)45-35/h1-23H. The van der Waals surface area contributed by atoms with Gasteiger partial charge < -0.3 is 9.13 Å². The molecular weight excluding hydrogens is 599 g/mol. The first-order valence-corrected chi connectivity index (χ1v) is 17.1. The second-order valence-electron chi connectivity index (χ2n) is 11.9. The van der Waals surface area contributed by atoms with Crippen molar-refractivity contribution in [2.24, 2.45) is 0 Å². The van der Waals surface area contributed by atoms with Crippen LogP contribution in [0.3, 0.4) is 0 Å². The van der Waals surface area contributed by atoms with Crippen LogP contribution in [0.5, 0.6) is 0 Å². The first-order valence-electron chi connectivity index (χ1n) is 15.5. The van der Waals surface area contributed by atoms with Gasteiger partial charge in [0.15, 0.2) is 0 Å². The van der Waals surface area contributed by atoms with Crippen molar-refractivity contribution in [3.8, 4) is 11.4 Å². The van der Waals surface area contributed by atoms with Crippen LogP contribution in [0.1, 0.15) is 0 Å². The lowest BCUT2D eigenvalue weighted by atomic mass is 10.1. The van der Waals surface area contributed by atoms with E-state index in [1.54, 1.807) is 0 Å². The molecule has 0 unspecified atom stereocenters. The SMILES string of the molecule is c1ccc(-n2c3ccccc3c3c4sc5ccc6c7ncccc7n(-c7ccc8sc9ccccc9c8c7)c6c5c4ccc32)cc1. The first kappa shape index (κ1) is 24.8. The quantitative estimate of drug-likeness (QED) is 0.188. The van der Waals surface area contributed by atoms with Crippen LogP contribution >= 0.6 is 22.7 Å². The van der Waals surface area contributed by atoms with Crippen LogP contribution in [0, 0.1) is 0 Å². The van der Waals surface area contributed by atoms with E-state index in [1.807, 2.05) is 28.9 Å². The Morgan fingerprint density at radius 3 is 2.13 bits per heavy atom. The number of aromatic nitrogens is 3. The molecule has 0 aliphatic carbocycles. The van der Waals surface area contributed by atoms with Gasteiger partial charge in [0.1, 0.15) is 0 Å². The highest BCUT2D eigenvalue weighted by molar-refractivity contribution is 7.27. The topological polar surface area (TPSA) is 22.8 Å². The van der Waals surface area contributed by atoms with Gasteiger partial charge in [-0.05, 0) is 72.8 Å². The summed E-state index contributed by atoms with van der Waals surface area (Å²) in [6.45, 7) is 0. The average molecular weight is 622 g/mol. The second-order valence-corrected chi connectivity index (χ2v) is 14.1. The summed E-state index contributed by atoms with van der Waals surface area (Å²) in [6.07, 6.45) is 1.92. The van der Waals surface area contributed by atoms with E-state index in [4.69, 9.17) is 4.98 Å². The van der Waals surface area contributed by atoms with Crippen LogP contribution in [0.25, 0.3) is 95.5 Å². The number of para-hydroxylation sites is 2. The van der Waals surface area contributed by atoms with Crippen LogP contribution in [0.2, 0.25) is 0 Å². The summed E-state index contributed by atoms with van der Waals surface area (Å²) >= 11 is 3.76. The summed E-state index contributed by atoms with van der Waals surface area (Å²) in [5, 5.41) is 8.99. The molecular formula is C41H23N3S2. The fourth-order valence-electron chi connectivity index (χ4n) is 7.66. The maximum absolute atomic E-state index is 4.94.